The molecule has 0 fully saturated rings. The van der Waals surface area contributed by atoms with Crippen LogP contribution in [0.3, 0.4) is 0 Å². The molecule has 0 aliphatic rings. The third-order valence-electron chi connectivity index (χ3n) is 1.94. The number of thiophene rings is 1. The third kappa shape index (κ3) is 2.43. The number of pyridine rings is 1. The summed E-state index contributed by atoms with van der Waals surface area (Å²) >= 11 is 3.05. The molecule has 2 aromatic heterocycles. The van der Waals surface area contributed by atoms with Crippen LogP contribution in [0.25, 0.3) is 0 Å². The Hall–Kier alpha value is -1.33. The van der Waals surface area contributed by atoms with Gasteiger partial charge in [0.15, 0.2) is 0 Å². The quantitative estimate of drug-likeness (QED) is 0.909. The highest BCUT2D eigenvalue weighted by atomic mass is 32.2. The molecule has 0 unspecified atom stereocenters. The second-order valence-electron chi connectivity index (χ2n) is 3.16. The van der Waals surface area contributed by atoms with Crippen molar-refractivity contribution in [1.82, 2.24) is 4.98 Å². The number of rotatable bonds is 3. The van der Waals surface area contributed by atoms with E-state index in [9.17, 15) is 4.79 Å². The van der Waals surface area contributed by atoms with E-state index < -0.39 is 5.97 Å². The van der Waals surface area contributed by atoms with Crippen LogP contribution in [0.4, 0.5) is 0 Å². The van der Waals surface area contributed by atoms with Crippen LogP contribution in [0.5, 0.6) is 0 Å². The van der Waals surface area contributed by atoms with Gasteiger partial charge in [0.25, 0.3) is 0 Å². The Kier molecular flexibility index (Phi) is 3.26. The van der Waals surface area contributed by atoms with Gasteiger partial charge in [-0.2, -0.15) is 0 Å². The van der Waals surface area contributed by atoms with Crippen molar-refractivity contribution in [3.63, 3.8) is 0 Å². The van der Waals surface area contributed by atoms with Crippen LogP contribution >= 0.6 is 23.1 Å². The molecule has 0 saturated carbocycles. The zero-order valence-electron chi connectivity index (χ0n) is 8.51. The summed E-state index contributed by atoms with van der Waals surface area (Å²) in [6, 6.07) is 5.71. The van der Waals surface area contributed by atoms with Gasteiger partial charge >= 0.3 is 5.97 Å². The fraction of sp³-hybridized carbons (Fsp3) is 0.0909. The van der Waals surface area contributed by atoms with Crippen molar-refractivity contribution < 1.29 is 9.90 Å². The number of carbonyl (C=O) groups is 1. The maximum absolute atomic E-state index is 11.0. The van der Waals surface area contributed by atoms with E-state index in [1.807, 2.05) is 24.4 Å². The van der Waals surface area contributed by atoms with Crippen LogP contribution < -0.4 is 0 Å². The molecule has 0 aromatic carbocycles. The molecule has 0 atom stereocenters. The van der Waals surface area contributed by atoms with E-state index in [4.69, 9.17) is 5.11 Å². The molecule has 82 valence electrons. The van der Waals surface area contributed by atoms with Gasteiger partial charge in [0.05, 0.1) is 9.77 Å². The molecule has 1 N–H and O–H groups in total. The second-order valence-corrected chi connectivity index (χ2v) is 5.45. The van der Waals surface area contributed by atoms with Crippen molar-refractivity contribution in [2.45, 2.75) is 16.0 Å². The Morgan fingerprint density at radius 1 is 1.56 bits per heavy atom. The molecule has 0 spiro atoms. The van der Waals surface area contributed by atoms with Gasteiger partial charge < -0.3 is 5.11 Å². The Labute approximate surface area is 101 Å². The van der Waals surface area contributed by atoms with Crippen LogP contribution in [0.2, 0.25) is 0 Å². The molecule has 16 heavy (non-hydrogen) atoms. The lowest BCUT2D eigenvalue weighted by atomic mass is 10.2. The highest BCUT2D eigenvalue weighted by Gasteiger charge is 2.12. The number of carboxylic acids is 1. The van der Waals surface area contributed by atoms with Gasteiger partial charge in [-0.25, -0.2) is 4.79 Å². The zero-order chi connectivity index (χ0) is 11.5. The smallest absolute Gasteiger partial charge is 0.338 e. The summed E-state index contributed by atoms with van der Waals surface area (Å²) in [6.45, 7) is 1.85. The lowest BCUT2D eigenvalue weighted by molar-refractivity contribution is 0.0692. The first-order valence-corrected chi connectivity index (χ1v) is 6.28. The lowest BCUT2D eigenvalue weighted by Crippen LogP contribution is -2.00. The van der Waals surface area contributed by atoms with E-state index in [1.54, 1.807) is 17.4 Å². The Balaban J connectivity index is 2.38. The summed E-state index contributed by atoms with van der Waals surface area (Å²) in [5.74, 6) is -0.938. The van der Waals surface area contributed by atoms with Crippen molar-refractivity contribution in [3.05, 3.63) is 41.0 Å². The molecule has 2 aromatic rings. The number of carboxylic acid groups (broad SMARTS) is 1. The minimum atomic E-state index is -0.938. The molecule has 0 amide bonds. The molecule has 2 rings (SSSR count). The molecule has 0 radical (unpaired) electrons. The molecule has 5 heteroatoms. The Bertz CT molecular complexity index is 509. The molecular weight excluding hydrogens is 242 g/mol. The van der Waals surface area contributed by atoms with Gasteiger partial charge in [0.1, 0.15) is 0 Å². The minimum Gasteiger partial charge on any atom is -0.478 e. The molecule has 0 bridgehead atoms. The van der Waals surface area contributed by atoms with Gasteiger partial charge in [-0.1, -0.05) is 17.8 Å². The maximum Gasteiger partial charge on any atom is 0.338 e. The molecule has 0 aliphatic heterocycles. The predicted octanol–water partition coefficient (Wildman–Crippen LogP) is 3.30. The first-order chi connectivity index (χ1) is 7.66. The van der Waals surface area contributed by atoms with Crippen LogP contribution in [-0.4, -0.2) is 16.1 Å². The average Bonchev–Trinajstić information content (AvgIpc) is 2.70. The number of nitrogens with zero attached hydrogens (tertiary/aromatic N) is 1. The van der Waals surface area contributed by atoms with Crippen LogP contribution in [0.1, 0.15) is 16.1 Å². The van der Waals surface area contributed by atoms with E-state index >= 15 is 0 Å². The van der Waals surface area contributed by atoms with E-state index in [-0.39, 0.29) is 5.56 Å². The number of aromatic carboxylic acids is 1. The number of hydrogen-bond acceptors (Lipinski definition) is 4. The van der Waals surface area contributed by atoms with Gasteiger partial charge in [-0.3, -0.25) is 4.98 Å². The third-order valence-corrected chi connectivity index (χ3v) is 4.03. The van der Waals surface area contributed by atoms with Crippen LogP contribution in [0, 0.1) is 6.92 Å². The van der Waals surface area contributed by atoms with Crippen molar-refractivity contribution >= 4 is 29.1 Å². The largest absolute Gasteiger partial charge is 0.478 e. The topological polar surface area (TPSA) is 50.2 Å². The van der Waals surface area contributed by atoms with Crippen molar-refractivity contribution in [2.24, 2.45) is 0 Å². The number of hydrogen-bond donors (Lipinski definition) is 1. The summed E-state index contributed by atoms with van der Waals surface area (Å²) < 4.78 is 1.08. The van der Waals surface area contributed by atoms with Gasteiger partial charge in [-0.15, -0.1) is 11.3 Å². The molecular formula is C11H9NO2S2. The molecule has 3 nitrogen and oxygen atoms in total. The standard InChI is InChI=1S/C11H9NO2S2/c1-7-5-9(8(6-12-7)11(13)14)16-10-3-2-4-15-10/h2-6H,1H3,(H,13,14). The monoisotopic (exact) mass is 251 g/mol. The predicted molar refractivity (Wildman–Crippen MR) is 64.4 cm³/mol. The summed E-state index contributed by atoms with van der Waals surface area (Å²) in [5.41, 5.74) is 1.08. The van der Waals surface area contributed by atoms with Gasteiger partial charge in [0, 0.05) is 16.8 Å². The molecule has 0 saturated heterocycles. The molecule has 0 aliphatic carbocycles. The summed E-state index contributed by atoms with van der Waals surface area (Å²) in [6.07, 6.45) is 1.41. The fourth-order valence-corrected chi connectivity index (χ4v) is 3.13. The summed E-state index contributed by atoms with van der Waals surface area (Å²) in [4.78, 5) is 15.7. The van der Waals surface area contributed by atoms with E-state index in [0.29, 0.717) is 0 Å². The highest BCUT2D eigenvalue weighted by molar-refractivity contribution is 8.01. The highest BCUT2D eigenvalue weighted by Crippen LogP contribution is 2.33. The minimum absolute atomic E-state index is 0.254. The fourth-order valence-electron chi connectivity index (χ4n) is 1.21. The molecule has 2 heterocycles. The van der Waals surface area contributed by atoms with Crippen molar-refractivity contribution in [3.8, 4) is 0 Å². The van der Waals surface area contributed by atoms with E-state index in [1.165, 1.54) is 18.0 Å². The number of aromatic nitrogens is 1. The Morgan fingerprint density at radius 2 is 2.38 bits per heavy atom. The SMILES string of the molecule is Cc1cc(Sc2cccs2)c(C(=O)O)cn1. The first kappa shape index (κ1) is 11.2. The van der Waals surface area contributed by atoms with Gasteiger partial charge in [0.2, 0.25) is 0 Å². The number of aryl methyl sites for hydroxylation is 1. The second kappa shape index (κ2) is 4.67. The van der Waals surface area contributed by atoms with Crippen LogP contribution in [-0.2, 0) is 0 Å². The van der Waals surface area contributed by atoms with Crippen molar-refractivity contribution in [1.29, 1.82) is 0 Å². The Morgan fingerprint density at radius 3 is 3.00 bits per heavy atom. The summed E-state index contributed by atoms with van der Waals surface area (Å²) in [7, 11) is 0. The normalized spacial score (nSPS) is 10.3. The van der Waals surface area contributed by atoms with E-state index in [0.717, 1.165) is 14.8 Å². The summed E-state index contributed by atoms with van der Waals surface area (Å²) in [5, 5.41) is 11.0. The first-order valence-electron chi connectivity index (χ1n) is 4.58. The van der Waals surface area contributed by atoms with Gasteiger partial charge in [-0.05, 0) is 24.4 Å². The zero-order valence-corrected chi connectivity index (χ0v) is 10.1. The van der Waals surface area contributed by atoms with Crippen LogP contribution in [0.15, 0.2) is 38.9 Å². The van der Waals surface area contributed by atoms with E-state index in [2.05, 4.69) is 4.98 Å². The van der Waals surface area contributed by atoms with Crippen molar-refractivity contribution in [2.75, 3.05) is 0 Å². The lowest BCUT2D eigenvalue weighted by Gasteiger charge is -2.04. The maximum atomic E-state index is 11.0. The average molecular weight is 251 g/mol.